The maximum absolute atomic E-state index is 13.5. The summed E-state index contributed by atoms with van der Waals surface area (Å²) < 4.78 is 3.93. The van der Waals surface area contributed by atoms with Crippen LogP contribution in [0.25, 0.3) is 11.1 Å². The van der Waals surface area contributed by atoms with Crippen molar-refractivity contribution >= 4 is 58.4 Å². The molecule has 1 saturated heterocycles. The fourth-order valence-electron chi connectivity index (χ4n) is 7.10. The number of rotatable bonds is 7. The third kappa shape index (κ3) is 6.37. The minimum Gasteiger partial charge on any atom is -0.295 e. The van der Waals surface area contributed by atoms with Crippen LogP contribution in [0.3, 0.4) is 0 Å². The Morgan fingerprint density at radius 3 is 2.65 bits per heavy atom. The molecule has 0 aliphatic carbocycles. The molecule has 54 heavy (non-hydrogen) atoms. The van der Waals surface area contributed by atoms with E-state index in [9.17, 15) is 19.2 Å². The molecule has 12 nitrogen and oxygen atoms in total. The average Bonchev–Trinajstić information content (AvgIpc) is 3.87. The summed E-state index contributed by atoms with van der Waals surface area (Å²) in [4.78, 5) is 57.7. The number of aliphatic imine (C=N–C) groups is 1. The molecule has 1 atom stereocenters. The van der Waals surface area contributed by atoms with Crippen LogP contribution in [0.1, 0.15) is 97.7 Å². The normalized spacial score (nSPS) is 16.7. The first-order valence-electron chi connectivity index (χ1n) is 17.5. The number of allylic oxidation sites excluding steroid dienone is 1. The smallest absolute Gasteiger partial charge is 0.262 e. The Morgan fingerprint density at radius 1 is 1.04 bits per heavy atom. The van der Waals surface area contributed by atoms with Gasteiger partial charge in [-0.15, -0.1) is 21.5 Å². The lowest BCUT2D eigenvalue weighted by Gasteiger charge is -2.27. The number of benzene rings is 2. The largest absolute Gasteiger partial charge is 0.295 e. The van der Waals surface area contributed by atoms with Crippen LogP contribution in [0.15, 0.2) is 65.4 Å². The molecule has 1 fully saturated rings. The number of hydrogen-bond donors (Lipinski definition) is 1. The van der Waals surface area contributed by atoms with Gasteiger partial charge < -0.3 is 0 Å². The van der Waals surface area contributed by atoms with Gasteiger partial charge in [-0.25, -0.2) is 0 Å². The van der Waals surface area contributed by atoms with Crippen LogP contribution in [0, 0.1) is 25.7 Å². The van der Waals surface area contributed by atoms with E-state index in [-0.39, 0.29) is 24.0 Å². The van der Waals surface area contributed by atoms with Crippen molar-refractivity contribution < 1.29 is 19.2 Å². The number of imide groups is 2. The highest BCUT2D eigenvalue weighted by atomic mass is 35.5. The number of thiophene rings is 1. The van der Waals surface area contributed by atoms with E-state index < -0.39 is 29.7 Å². The maximum Gasteiger partial charge on any atom is 0.262 e. The summed E-state index contributed by atoms with van der Waals surface area (Å²) in [5, 5.41) is 17.1. The third-order valence-electron chi connectivity index (χ3n) is 9.77. The Bertz CT molecular complexity index is 2530. The lowest BCUT2D eigenvalue weighted by Crippen LogP contribution is -2.54. The molecular weight excluding hydrogens is 724 g/mol. The second-order valence-electron chi connectivity index (χ2n) is 13.5. The number of aryl methyl sites for hydroxylation is 2. The molecule has 5 aromatic rings. The molecule has 0 bridgehead atoms. The first-order valence-corrected chi connectivity index (χ1v) is 18.7. The van der Waals surface area contributed by atoms with Crippen molar-refractivity contribution in [1.29, 1.82) is 0 Å². The van der Waals surface area contributed by atoms with Gasteiger partial charge in [0, 0.05) is 35.3 Å². The molecular formula is C40H33ClN8O4S. The standard InChI is InChI=1S/C40H33ClN8O4S/c1-22(18-27-7-4-8-29-35(27)39(53)49(38(29)52)30-14-16-33(50)44-37(30)51)6-5-17-47-21-25(19-43-47)9-15-31-23(2)34-36(26-10-12-28(41)13-11-26)42-20-32-46-45-24(3)48(32)40(34)54-31/h4,7-8,10-13,18-19,21,30H,5-6,14,16-17,20H2,1-3H3,(H,44,50,51)/b22-18-. The van der Waals surface area contributed by atoms with Gasteiger partial charge in [-0.1, -0.05) is 59.4 Å². The van der Waals surface area contributed by atoms with Crippen LogP contribution in [0.4, 0.5) is 0 Å². The summed E-state index contributed by atoms with van der Waals surface area (Å²) in [6.45, 7) is 7.06. The summed E-state index contributed by atoms with van der Waals surface area (Å²) in [5.74, 6) is 6.18. The number of fused-ring (bicyclic) bond motifs is 4. The highest BCUT2D eigenvalue weighted by molar-refractivity contribution is 7.15. The monoisotopic (exact) mass is 756 g/mol. The number of nitrogens with one attached hydrogen (secondary N) is 1. The van der Waals surface area contributed by atoms with Gasteiger partial charge in [-0.2, -0.15) is 5.10 Å². The molecule has 3 aliphatic heterocycles. The molecule has 4 amide bonds. The number of amides is 4. The van der Waals surface area contributed by atoms with E-state index in [1.807, 2.05) is 55.1 Å². The molecule has 6 heterocycles. The first-order chi connectivity index (χ1) is 26.1. The fourth-order valence-corrected chi connectivity index (χ4v) is 8.45. The molecule has 0 saturated carbocycles. The van der Waals surface area contributed by atoms with Gasteiger partial charge in [0.1, 0.15) is 23.4 Å². The second kappa shape index (κ2) is 14.1. The number of aromatic nitrogens is 5. The predicted molar refractivity (Wildman–Crippen MR) is 204 cm³/mol. The summed E-state index contributed by atoms with van der Waals surface area (Å²) in [5.41, 5.74) is 6.87. The van der Waals surface area contributed by atoms with Crippen molar-refractivity contribution in [2.75, 3.05) is 0 Å². The summed E-state index contributed by atoms with van der Waals surface area (Å²) >= 11 is 7.79. The zero-order valence-corrected chi connectivity index (χ0v) is 31.2. The van der Waals surface area contributed by atoms with Crippen molar-refractivity contribution in [3.05, 3.63) is 121 Å². The van der Waals surface area contributed by atoms with E-state index in [1.54, 1.807) is 35.7 Å². The minimum atomic E-state index is -1.00. The van der Waals surface area contributed by atoms with Crippen LogP contribution in [0.2, 0.25) is 5.02 Å². The van der Waals surface area contributed by atoms with Crippen LogP contribution in [-0.2, 0) is 22.7 Å². The number of carbonyl (C=O) groups is 4. The zero-order valence-electron chi connectivity index (χ0n) is 29.6. The highest BCUT2D eigenvalue weighted by Gasteiger charge is 2.45. The quantitative estimate of drug-likeness (QED) is 0.163. The molecule has 2 aromatic carbocycles. The van der Waals surface area contributed by atoms with Gasteiger partial charge in [0.15, 0.2) is 5.82 Å². The molecule has 0 spiro atoms. The van der Waals surface area contributed by atoms with Crippen LogP contribution >= 0.6 is 22.9 Å². The molecule has 14 heteroatoms. The Hall–Kier alpha value is -5.97. The summed E-state index contributed by atoms with van der Waals surface area (Å²) in [6.07, 6.45) is 7.30. The van der Waals surface area contributed by atoms with Gasteiger partial charge in [-0.3, -0.25) is 43.6 Å². The SMILES string of the molecule is C/C(=C/c1cccc2c1C(=O)N(C1CCC(=O)NC1=O)C2=O)CCCn1cc(C#Cc2sc3c(c2C)C(c2ccc(Cl)cc2)=NCc2nnc(C)n2-3)cn1. The van der Waals surface area contributed by atoms with Crippen molar-refractivity contribution in [1.82, 2.24) is 34.8 Å². The third-order valence-corrected chi connectivity index (χ3v) is 11.2. The molecule has 3 aliphatic rings. The van der Waals surface area contributed by atoms with E-state index in [1.165, 1.54) is 0 Å². The minimum absolute atomic E-state index is 0.0732. The molecule has 270 valence electrons. The fraction of sp³-hybridized carbons (Fsp3) is 0.250. The van der Waals surface area contributed by atoms with Gasteiger partial charge in [-0.05, 0) is 69.4 Å². The second-order valence-corrected chi connectivity index (χ2v) is 14.9. The maximum atomic E-state index is 13.5. The van der Waals surface area contributed by atoms with E-state index in [0.29, 0.717) is 23.7 Å². The first kappa shape index (κ1) is 35.1. The number of nitrogens with zero attached hydrogens (tertiary/aromatic N) is 7. The van der Waals surface area contributed by atoms with E-state index >= 15 is 0 Å². The van der Waals surface area contributed by atoms with E-state index in [4.69, 9.17) is 16.6 Å². The highest BCUT2D eigenvalue weighted by Crippen LogP contribution is 2.37. The lowest BCUT2D eigenvalue weighted by molar-refractivity contribution is -0.136. The van der Waals surface area contributed by atoms with Crippen molar-refractivity contribution in [2.24, 2.45) is 4.99 Å². The van der Waals surface area contributed by atoms with E-state index in [0.717, 1.165) is 72.8 Å². The van der Waals surface area contributed by atoms with Crippen LogP contribution < -0.4 is 5.32 Å². The number of hydrogen-bond acceptors (Lipinski definition) is 9. The van der Waals surface area contributed by atoms with Crippen LogP contribution in [0.5, 0.6) is 0 Å². The number of piperidine rings is 1. The molecule has 1 N–H and O–H groups in total. The van der Waals surface area contributed by atoms with Crippen molar-refractivity contribution in [2.45, 2.75) is 65.6 Å². The van der Waals surface area contributed by atoms with Gasteiger partial charge >= 0.3 is 0 Å². The molecule has 8 rings (SSSR count). The van der Waals surface area contributed by atoms with Crippen LogP contribution in [-0.4, -0.2) is 64.8 Å². The molecule has 1 unspecified atom stereocenters. The van der Waals surface area contributed by atoms with E-state index in [2.05, 4.69) is 43.9 Å². The number of carbonyl (C=O) groups excluding carboxylic acids is 4. The average molecular weight is 757 g/mol. The Balaban J connectivity index is 0.959. The predicted octanol–water partition coefficient (Wildman–Crippen LogP) is 5.83. The lowest BCUT2D eigenvalue weighted by atomic mass is 9.99. The van der Waals surface area contributed by atoms with Gasteiger partial charge in [0.05, 0.1) is 33.5 Å². The number of halogens is 1. The zero-order chi connectivity index (χ0) is 37.7. The van der Waals surface area contributed by atoms with Gasteiger partial charge in [0.25, 0.3) is 11.8 Å². The Morgan fingerprint density at radius 2 is 1.85 bits per heavy atom. The molecule has 0 radical (unpaired) electrons. The summed E-state index contributed by atoms with van der Waals surface area (Å²) in [6, 6.07) is 11.8. The molecule has 3 aromatic heterocycles. The Labute approximate surface area is 319 Å². The van der Waals surface area contributed by atoms with Crippen molar-refractivity contribution in [3.8, 4) is 16.8 Å². The van der Waals surface area contributed by atoms with Crippen molar-refractivity contribution in [3.63, 3.8) is 0 Å². The van der Waals surface area contributed by atoms with Gasteiger partial charge in [0.2, 0.25) is 11.8 Å². The summed E-state index contributed by atoms with van der Waals surface area (Å²) in [7, 11) is 0. The Kier molecular flexibility index (Phi) is 9.17. The topological polar surface area (TPSA) is 144 Å².